The molecule has 2 N–H and O–H groups in total. The molecule has 0 aliphatic heterocycles. The number of rotatable bonds is 4. The summed E-state index contributed by atoms with van der Waals surface area (Å²) in [6.45, 7) is -10.2. The van der Waals surface area contributed by atoms with Gasteiger partial charge < -0.3 is 5.73 Å². The van der Waals surface area contributed by atoms with Crippen molar-refractivity contribution < 1.29 is 28.8 Å². The third kappa shape index (κ3) is 10.4. The van der Waals surface area contributed by atoms with Crippen LogP contribution in [0, 0.1) is 27.4 Å². The van der Waals surface area contributed by atoms with E-state index >= 15 is 0 Å². The maximum atomic E-state index is 11.5. The molecule has 0 saturated carbocycles. The zero-order valence-electron chi connectivity index (χ0n) is 28.0. The molecule has 0 fully saturated rings. The van der Waals surface area contributed by atoms with Crippen LogP contribution in [0.5, 0.6) is 0 Å². The monoisotopic (exact) mass is 443 g/mol. The van der Waals surface area contributed by atoms with Crippen LogP contribution < -0.4 is 5.73 Å². The van der Waals surface area contributed by atoms with Crippen LogP contribution in [0.2, 0.25) is 0 Å². The lowest BCUT2D eigenvalue weighted by Crippen LogP contribution is -2.06. The van der Waals surface area contributed by atoms with E-state index in [9.17, 15) is 9.59 Å². The second-order valence-electron chi connectivity index (χ2n) is 4.80. The number of carbonyl (C=O) groups is 2. The number of para-hydroxylation sites is 1. The van der Waals surface area contributed by atoms with Gasteiger partial charge in [0, 0.05) is 28.6 Å². The van der Waals surface area contributed by atoms with Gasteiger partial charge in [0.25, 0.3) is 0 Å². The van der Waals surface area contributed by atoms with E-state index in [0.29, 0.717) is 0 Å². The summed E-state index contributed by atoms with van der Waals surface area (Å²) >= 11 is 14.9. The van der Waals surface area contributed by atoms with Crippen molar-refractivity contribution in [2.45, 2.75) is 33.8 Å². The number of anilines is 1. The first-order chi connectivity index (χ1) is 18.3. The summed E-state index contributed by atoms with van der Waals surface area (Å²) in [4.78, 5) is 20.9. The Morgan fingerprint density at radius 1 is 0.926 bits per heavy atom. The summed E-state index contributed by atoms with van der Waals surface area (Å²) in [7, 11) is 0. The van der Waals surface area contributed by atoms with E-state index in [2.05, 4.69) is 0 Å². The number of Topliss-reactive ketones (excluding diaryl/α,β-unsaturated/α-hetero) is 1. The Balaban J connectivity index is 0.000000681. The number of nitrogens with two attached hydrogens (primary N) is 1. The van der Waals surface area contributed by atoms with Crippen LogP contribution in [0.25, 0.3) is 0 Å². The lowest BCUT2D eigenvalue weighted by Gasteiger charge is -2.07. The zero-order valence-corrected chi connectivity index (χ0v) is 16.2. The Hall–Kier alpha value is -1.55. The van der Waals surface area contributed by atoms with Crippen molar-refractivity contribution in [1.29, 1.82) is 0 Å². The molecule has 0 aliphatic carbocycles. The highest BCUT2D eigenvalue weighted by atomic mass is 35.5. The van der Waals surface area contributed by atoms with Gasteiger partial charge in [-0.25, -0.2) is 0 Å². The Morgan fingerprint density at radius 2 is 1.33 bits per heavy atom. The molecule has 0 bridgehead atoms. The van der Waals surface area contributed by atoms with Crippen LogP contribution >= 0.6 is 34.8 Å². The molecule has 0 unspecified atom stereocenters. The van der Waals surface area contributed by atoms with Crippen molar-refractivity contribution in [1.82, 2.24) is 0 Å². The quantitative estimate of drug-likeness (QED) is 0.383. The average Bonchev–Trinajstić information content (AvgIpc) is 2.79. The molecule has 0 atom stereocenters. The van der Waals surface area contributed by atoms with Gasteiger partial charge in [0.1, 0.15) is 0 Å². The number of hydrogen-bond donors (Lipinski definition) is 1. The normalized spacial score (nSPS) is 18.9. The first-order valence-corrected chi connectivity index (χ1v) is 8.59. The zero-order chi connectivity index (χ0) is 32.7. The second-order valence-corrected chi connectivity index (χ2v) is 5.75. The molecule has 0 aliphatic rings. The van der Waals surface area contributed by atoms with Gasteiger partial charge in [-0.2, -0.15) is 0 Å². The van der Waals surface area contributed by atoms with Crippen molar-refractivity contribution >= 4 is 51.5 Å². The molecule has 2 aromatic rings. The first kappa shape index (κ1) is 10.3. The molecule has 0 spiro atoms. The smallest absolute Gasteiger partial charge is 0.236 e. The molecule has 3 nitrogen and oxygen atoms in total. The minimum Gasteiger partial charge on any atom is -0.398 e. The van der Waals surface area contributed by atoms with Crippen LogP contribution in [0.15, 0.2) is 36.4 Å². The molecule has 0 heterocycles. The maximum Gasteiger partial charge on any atom is 0.236 e. The fourth-order valence-electron chi connectivity index (χ4n) is 1.47. The number of hydrogen-bond acceptors (Lipinski definition) is 3. The average molecular weight is 445 g/mol. The van der Waals surface area contributed by atoms with Crippen molar-refractivity contribution in [3.63, 3.8) is 0 Å². The molecule has 6 heteroatoms. The summed E-state index contributed by atoms with van der Waals surface area (Å²) in [5.74, 6) is -0.897. The summed E-state index contributed by atoms with van der Waals surface area (Å²) in [6, 6.07) is 3.88. The number of alkyl halides is 2. The number of nitrogen functional groups attached to an aromatic ring is 1. The largest absolute Gasteiger partial charge is 0.398 e. The standard InChI is InChI=1S/C11H13ClO.C8H11N.C2H2Cl2O/c1-8-4-3-5-9(2)11(8)6-10(13)7-12;1-6-4-3-5-7(2)8(6)9;3-1-2(4)5/h3-5H,6-7H2,1-2H3;3-5H,9H2,1-2H3;1H2/i2*1D3,2D3,3D;. The SMILES string of the molecule is O=C(Cl)CCl.[2H]c1cc(C([2H])([2H])[2H])c(CC(=O)CCl)c(C([2H])([2H])[2H])c1.[2H]c1cc(C([2H])([2H])[2H])c(N)c(C([2H])([2H])[2H])c1. The topological polar surface area (TPSA) is 60.2 Å². The van der Waals surface area contributed by atoms with Gasteiger partial charge in [-0.15, -0.1) is 23.2 Å². The first-order valence-electron chi connectivity index (χ1n) is 14.1. The van der Waals surface area contributed by atoms with Gasteiger partial charge >= 0.3 is 0 Å². The molecule has 148 valence electrons. The summed E-state index contributed by atoms with van der Waals surface area (Å²) in [5.41, 5.74) is 4.02. The van der Waals surface area contributed by atoms with Crippen LogP contribution in [0.1, 0.15) is 47.0 Å². The molecule has 2 rings (SSSR count). The fourth-order valence-corrected chi connectivity index (χ4v) is 1.57. The number of benzene rings is 2. The molecule has 0 saturated heterocycles. The summed E-state index contributed by atoms with van der Waals surface area (Å²) in [5, 5.41) is -0.508. The van der Waals surface area contributed by atoms with Crippen molar-refractivity contribution in [3.8, 4) is 0 Å². The van der Waals surface area contributed by atoms with E-state index in [4.69, 9.17) is 59.7 Å². The molecule has 27 heavy (non-hydrogen) atoms. The minimum absolute atomic E-state index is 0.0772. The number of ketones is 1. The number of halogens is 3. The molecule has 0 amide bonds. The van der Waals surface area contributed by atoms with E-state index in [0.717, 1.165) is 24.3 Å². The molecular weight excluding hydrogens is 405 g/mol. The number of carbonyl (C=O) groups excluding carboxylic acids is 2. The lowest BCUT2D eigenvalue weighted by molar-refractivity contribution is -0.116. The fraction of sp³-hybridized carbons (Fsp3) is 0.333. The lowest BCUT2D eigenvalue weighted by atomic mass is 9.99. The molecule has 2 aromatic carbocycles. The predicted molar refractivity (Wildman–Crippen MR) is 117 cm³/mol. The Labute approximate surface area is 196 Å². The maximum absolute atomic E-state index is 11.5. The Kier molecular flexibility index (Phi) is 5.18. The van der Waals surface area contributed by atoms with Gasteiger partial charge in [0.15, 0.2) is 5.78 Å². The highest BCUT2D eigenvalue weighted by Gasteiger charge is 2.06. The van der Waals surface area contributed by atoms with Crippen molar-refractivity contribution in [2.75, 3.05) is 17.5 Å². The van der Waals surface area contributed by atoms with Gasteiger partial charge in [-0.05, 0) is 66.8 Å². The van der Waals surface area contributed by atoms with E-state index in [-0.39, 0.29) is 63.8 Å². The molecule has 0 radical (unpaired) electrons. The Morgan fingerprint density at radius 3 is 1.67 bits per heavy atom. The van der Waals surface area contributed by atoms with E-state index in [1.54, 1.807) is 0 Å². The van der Waals surface area contributed by atoms with Gasteiger partial charge in [-0.1, -0.05) is 36.4 Å². The minimum atomic E-state index is -2.60. The molecule has 0 aromatic heterocycles. The van der Waals surface area contributed by atoms with Crippen molar-refractivity contribution in [3.05, 3.63) is 64.2 Å². The molecular formula is C21H26Cl3NO2. The third-order valence-electron chi connectivity index (χ3n) is 2.77. The van der Waals surface area contributed by atoms with Gasteiger partial charge in [0.2, 0.25) is 5.24 Å². The third-order valence-corrected chi connectivity index (χ3v) is 3.58. The predicted octanol–water partition coefficient (Wildman–Crippen LogP) is 5.53. The number of aryl methyl sites for hydroxylation is 4. The summed E-state index contributed by atoms with van der Waals surface area (Å²) < 4.78 is 103. The van der Waals surface area contributed by atoms with Gasteiger partial charge in [0.05, 0.1) is 14.5 Å². The van der Waals surface area contributed by atoms with Crippen LogP contribution in [-0.2, 0) is 16.0 Å². The van der Waals surface area contributed by atoms with Crippen LogP contribution in [-0.4, -0.2) is 22.8 Å². The second kappa shape index (κ2) is 13.6. The van der Waals surface area contributed by atoms with E-state index in [1.807, 2.05) is 0 Å². The van der Waals surface area contributed by atoms with Crippen LogP contribution in [0.4, 0.5) is 5.69 Å². The van der Waals surface area contributed by atoms with Crippen molar-refractivity contribution in [2.24, 2.45) is 0 Å². The summed E-state index contributed by atoms with van der Waals surface area (Å²) in [6.07, 6.45) is -0.370. The Bertz CT molecular complexity index is 1150. The van der Waals surface area contributed by atoms with Crippen LogP contribution in [0.3, 0.4) is 0 Å². The van der Waals surface area contributed by atoms with E-state index < -0.39 is 38.4 Å². The van der Waals surface area contributed by atoms with Gasteiger partial charge in [-0.3, -0.25) is 9.59 Å². The highest BCUT2D eigenvalue weighted by molar-refractivity contribution is 6.67. The highest BCUT2D eigenvalue weighted by Crippen LogP contribution is 2.14. The van der Waals surface area contributed by atoms with E-state index in [1.165, 1.54) is 0 Å².